The molecule has 2 atom stereocenters. The smallest absolute Gasteiger partial charge is 0.338 e. The van der Waals surface area contributed by atoms with E-state index in [1.54, 1.807) is 12.3 Å². The van der Waals surface area contributed by atoms with Crippen LogP contribution in [0.1, 0.15) is 33.1 Å². The van der Waals surface area contributed by atoms with Crippen LogP contribution in [0.5, 0.6) is 0 Å². The average Bonchev–Trinajstić information content (AvgIpc) is 2.88. The molecule has 0 radical (unpaired) electrons. The number of nitrogens with zero attached hydrogens (tertiary/aromatic N) is 1. The van der Waals surface area contributed by atoms with Crippen LogP contribution in [0.15, 0.2) is 91.2 Å². The zero-order valence-corrected chi connectivity index (χ0v) is 18.6. The molecule has 166 valence electrons. The van der Waals surface area contributed by atoms with Gasteiger partial charge in [0, 0.05) is 24.2 Å². The molecule has 2 aromatic carbocycles. The van der Waals surface area contributed by atoms with Gasteiger partial charge >= 0.3 is 11.9 Å². The van der Waals surface area contributed by atoms with Gasteiger partial charge in [0.2, 0.25) is 0 Å². The predicted octanol–water partition coefficient (Wildman–Crippen LogP) is 5.12. The van der Waals surface area contributed by atoms with Crippen molar-refractivity contribution in [1.82, 2.24) is 4.98 Å². The fourth-order valence-electron chi connectivity index (χ4n) is 4.19. The van der Waals surface area contributed by atoms with Gasteiger partial charge < -0.3 is 9.47 Å². The van der Waals surface area contributed by atoms with Gasteiger partial charge in [-0.05, 0) is 40.5 Å². The summed E-state index contributed by atoms with van der Waals surface area (Å²) in [6, 6.07) is 19.4. The molecular weight excluding hydrogens is 414 g/mol. The Morgan fingerprint density at radius 2 is 1.70 bits per heavy atom. The van der Waals surface area contributed by atoms with Gasteiger partial charge in [-0.25, -0.2) is 4.79 Å². The van der Waals surface area contributed by atoms with E-state index < -0.39 is 11.9 Å². The van der Waals surface area contributed by atoms with Crippen molar-refractivity contribution < 1.29 is 19.1 Å². The Bertz CT molecular complexity index is 1210. The third kappa shape index (κ3) is 4.93. The van der Waals surface area contributed by atoms with Crippen molar-refractivity contribution in [3.05, 3.63) is 114 Å². The summed E-state index contributed by atoms with van der Waals surface area (Å²) in [5, 5.41) is 0. The molecule has 0 bridgehead atoms. The quantitative estimate of drug-likeness (QED) is 0.499. The van der Waals surface area contributed by atoms with Gasteiger partial charge in [-0.3, -0.25) is 9.78 Å². The van der Waals surface area contributed by atoms with Crippen molar-refractivity contribution in [3.8, 4) is 11.1 Å². The van der Waals surface area contributed by atoms with Crippen molar-refractivity contribution in [1.29, 1.82) is 0 Å². The summed E-state index contributed by atoms with van der Waals surface area (Å²) >= 11 is 0. The number of aromatic nitrogens is 1. The van der Waals surface area contributed by atoms with E-state index in [0.29, 0.717) is 12.0 Å². The second-order valence-electron chi connectivity index (χ2n) is 7.84. The van der Waals surface area contributed by atoms with Crippen LogP contribution < -0.4 is 0 Å². The summed E-state index contributed by atoms with van der Waals surface area (Å²) < 4.78 is 10.1. The normalized spacial score (nSPS) is 16.9. The number of ether oxygens (including phenoxy) is 2. The van der Waals surface area contributed by atoms with Crippen LogP contribution in [-0.4, -0.2) is 31.1 Å². The van der Waals surface area contributed by atoms with Crippen LogP contribution in [0.25, 0.3) is 11.1 Å². The van der Waals surface area contributed by atoms with Crippen molar-refractivity contribution in [2.75, 3.05) is 14.2 Å². The molecule has 1 aliphatic rings. The van der Waals surface area contributed by atoms with Gasteiger partial charge in [0.1, 0.15) is 0 Å². The molecule has 33 heavy (non-hydrogen) atoms. The van der Waals surface area contributed by atoms with Crippen molar-refractivity contribution in [2.45, 2.75) is 12.3 Å². The molecule has 4 rings (SSSR count). The molecule has 1 heterocycles. The number of benzene rings is 2. The maximum atomic E-state index is 12.5. The van der Waals surface area contributed by atoms with E-state index in [1.165, 1.54) is 14.2 Å². The Morgan fingerprint density at radius 3 is 2.45 bits per heavy atom. The van der Waals surface area contributed by atoms with Crippen LogP contribution in [0.2, 0.25) is 0 Å². The number of rotatable bonds is 6. The van der Waals surface area contributed by atoms with Crippen molar-refractivity contribution in [3.63, 3.8) is 0 Å². The maximum Gasteiger partial charge on any atom is 0.338 e. The number of hydrogen-bond donors (Lipinski definition) is 0. The lowest BCUT2D eigenvalue weighted by Gasteiger charge is -2.24. The van der Waals surface area contributed by atoms with E-state index in [0.717, 1.165) is 27.9 Å². The second kappa shape index (κ2) is 10.1. The summed E-state index contributed by atoms with van der Waals surface area (Å²) in [6.45, 7) is 0. The zero-order chi connectivity index (χ0) is 23.2. The topological polar surface area (TPSA) is 65.5 Å². The summed E-state index contributed by atoms with van der Waals surface area (Å²) in [5.41, 5.74) is 5.08. The molecule has 0 aliphatic heterocycles. The Balaban J connectivity index is 1.85. The summed E-state index contributed by atoms with van der Waals surface area (Å²) in [4.78, 5) is 29.4. The minimum Gasteiger partial charge on any atom is -0.469 e. The Labute approximate surface area is 193 Å². The van der Waals surface area contributed by atoms with Gasteiger partial charge in [0.25, 0.3) is 0 Å². The fourth-order valence-corrected chi connectivity index (χ4v) is 4.19. The van der Waals surface area contributed by atoms with E-state index in [2.05, 4.69) is 17.1 Å². The molecule has 0 saturated carbocycles. The monoisotopic (exact) mass is 439 g/mol. The zero-order valence-electron chi connectivity index (χ0n) is 18.6. The average molecular weight is 440 g/mol. The Kier molecular flexibility index (Phi) is 6.79. The highest BCUT2D eigenvalue weighted by atomic mass is 16.5. The molecule has 5 heteroatoms. The number of pyridine rings is 1. The molecule has 0 saturated heterocycles. The first-order valence-electron chi connectivity index (χ1n) is 10.7. The van der Waals surface area contributed by atoms with E-state index in [1.807, 2.05) is 66.8 Å². The van der Waals surface area contributed by atoms with Crippen LogP contribution in [0.3, 0.4) is 0 Å². The lowest BCUT2D eigenvalue weighted by molar-refractivity contribution is -0.144. The second-order valence-corrected chi connectivity index (χ2v) is 7.84. The number of allylic oxidation sites excluding steroid dienone is 3. The van der Waals surface area contributed by atoms with Crippen LogP contribution in [-0.2, 0) is 20.7 Å². The number of esters is 2. The highest BCUT2D eigenvalue weighted by Gasteiger charge is 2.28. The van der Waals surface area contributed by atoms with Gasteiger partial charge in [-0.15, -0.1) is 0 Å². The van der Waals surface area contributed by atoms with Gasteiger partial charge in [-0.2, -0.15) is 0 Å². The minimum atomic E-state index is -0.422. The van der Waals surface area contributed by atoms with Gasteiger partial charge in [-0.1, -0.05) is 66.8 Å². The molecular formula is C28H25NO4. The van der Waals surface area contributed by atoms with E-state index in [4.69, 9.17) is 9.47 Å². The molecule has 1 aromatic heterocycles. The highest BCUT2D eigenvalue weighted by Crippen LogP contribution is 2.35. The third-order valence-electron chi connectivity index (χ3n) is 5.76. The first-order valence-corrected chi connectivity index (χ1v) is 10.7. The largest absolute Gasteiger partial charge is 0.469 e. The van der Waals surface area contributed by atoms with E-state index in [-0.39, 0.29) is 11.9 Å². The first-order chi connectivity index (χ1) is 16.1. The van der Waals surface area contributed by atoms with Crippen LogP contribution in [0.4, 0.5) is 0 Å². The summed E-state index contributed by atoms with van der Waals surface area (Å²) in [7, 11) is 2.78. The number of hydrogen-bond acceptors (Lipinski definition) is 5. The minimum absolute atomic E-state index is 0.185. The van der Waals surface area contributed by atoms with Crippen molar-refractivity contribution >= 4 is 11.9 Å². The number of carbonyl (C=O) groups is 2. The van der Waals surface area contributed by atoms with Crippen LogP contribution >= 0.6 is 0 Å². The summed E-state index contributed by atoms with van der Waals surface area (Å²) in [6.07, 6.45) is 10.1. The lowest BCUT2D eigenvalue weighted by Crippen LogP contribution is -2.22. The fraction of sp³-hybridized carbons (Fsp3) is 0.179. The predicted molar refractivity (Wildman–Crippen MR) is 127 cm³/mol. The van der Waals surface area contributed by atoms with Crippen molar-refractivity contribution in [2.24, 2.45) is 5.92 Å². The standard InChI is InChI=1S/C28H25NO4/c1-32-27(30)25-12-5-3-10-23(25)20-15-19(17-22-9-7-8-14-29-22)16-21(18-20)24-11-4-6-13-26(24)28(31)33-2/h3-16,18,23,25H,17H2,1-2H3. The molecule has 0 N–H and O–H groups in total. The Morgan fingerprint density at radius 1 is 0.909 bits per heavy atom. The molecule has 0 amide bonds. The number of carbonyl (C=O) groups excluding carboxylic acids is 2. The van der Waals surface area contributed by atoms with Gasteiger partial charge in [0.15, 0.2) is 0 Å². The molecule has 1 aliphatic carbocycles. The maximum absolute atomic E-state index is 12.5. The lowest BCUT2D eigenvalue weighted by atomic mass is 9.81. The molecule has 0 spiro atoms. The Hall–Kier alpha value is -3.99. The molecule has 0 fully saturated rings. The highest BCUT2D eigenvalue weighted by molar-refractivity contribution is 5.97. The first kappa shape index (κ1) is 22.2. The summed E-state index contributed by atoms with van der Waals surface area (Å²) in [5.74, 6) is -1.29. The molecule has 5 nitrogen and oxygen atoms in total. The third-order valence-corrected chi connectivity index (χ3v) is 5.76. The van der Waals surface area contributed by atoms with E-state index in [9.17, 15) is 9.59 Å². The van der Waals surface area contributed by atoms with Gasteiger partial charge in [0.05, 0.1) is 25.7 Å². The SMILES string of the molecule is COC(=O)c1ccccc1-c1cc(Cc2ccccn2)cc(C2C=CC=CC2C(=O)OC)c1. The van der Waals surface area contributed by atoms with E-state index >= 15 is 0 Å². The van der Waals surface area contributed by atoms with Crippen LogP contribution in [0, 0.1) is 5.92 Å². The number of methoxy groups -OCH3 is 2. The molecule has 2 unspecified atom stereocenters. The molecule has 3 aromatic rings.